The van der Waals surface area contributed by atoms with Crippen molar-refractivity contribution in [2.45, 2.75) is 25.9 Å². The molecule has 1 fully saturated rings. The minimum atomic E-state index is -0.0691. The number of carbonyl (C=O) groups is 1. The Morgan fingerprint density at radius 2 is 1.96 bits per heavy atom. The summed E-state index contributed by atoms with van der Waals surface area (Å²) in [5.74, 6) is 0.163. The summed E-state index contributed by atoms with van der Waals surface area (Å²) in [4.78, 5) is 21.3. The molecule has 5 nitrogen and oxygen atoms in total. The molecule has 1 atom stereocenters. The summed E-state index contributed by atoms with van der Waals surface area (Å²) in [5.41, 5.74) is 7.99. The summed E-state index contributed by atoms with van der Waals surface area (Å²) in [6.07, 6.45) is 0.377. The fraction of sp³-hybridized carbons (Fsp3) is 0.444. The second-order valence-corrected chi connectivity index (χ2v) is 7.17. The average Bonchev–Trinajstić information content (AvgIpc) is 3.05. The fourth-order valence-corrected chi connectivity index (χ4v) is 3.65. The highest BCUT2D eigenvalue weighted by Gasteiger charge is 2.22. The van der Waals surface area contributed by atoms with E-state index in [1.807, 2.05) is 23.3 Å². The van der Waals surface area contributed by atoms with E-state index >= 15 is 0 Å². The lowest BCUT2D eigenvalue weighted by Crippen LogP contribution is -2.48. The van der Waals surface area contributed by atoms with Crippen LogP contribution in [0.4, 0.5) is 0 Å². The Hall–Kier alpha value is -1.76. The van der Waals surface area contributed by atoms with Crippen molar-refractivity contribution in [2.24, 2.45) is 5.73 Å². The van der Waals surface area contributed by atoms with E-state index in [0.717, 1.165) is 43.4 Å². The number of thiazole rings is 1. The topological polar surface area (TPSA) is 62.5 Å². The van der Waals surface area contributed by atoms with Crippen molar-refractivity contribution in [1.29, 1.82) is 0 Å². The Labute approximate surface area is 147 Å². The van der Waals surface area contributed by atoms with Crippen molar-refractivity contribution in [3.63, 3.8) is 0 Å². The largest absolute Gasteiger partial charge is 0.340 e. The van der Waals surface area contributed by atoms with E-state index < -0.39 is 0 Å². The van der Waals surface area contributed by atoms with E-state index in [2.05, 4.69) is 34.1 Å². The maximum Gasteiger partial charge on any atom is 0.228 e. The first-order valence-corrected chi connectivity index (χ1v) is 9.23. The van der Waals surface area contributed by atoms with Gasteiger partial charge in [-0.15, -0.1) is 11.3 Å². The van der Waals surface area contributed by atoms with Crippen LogP contribution in [0.1, 0.15) is 29.2 Å². The molecule has 3 rings (SSSR count). The number of amides is 1. The first-order valence-electron chi connectivity index (χ1n) is 8.36. The van der Waals surface area contributed by atoms with Crippen molar-refractivity contribution < 1.29 is 4.79 Å². The number of aromatic nitrogens is 1. The van der Waals surface area contributed by atoms with E-state index in [0.29, 0.717) is 6.42 Å². The molecule has 0 saturated carbocycles. The fourth-order valence-electron chi connectivity index (χ4n) is 2.88. The van der Waals surface area contributed by atoms with Crippen LogP contribution in [0.2, 0.25) is 0 Å². The standard InChI is InChI=1S/C18H24N4OS/c1-14(19)18-20-16(13-24-18)11-17(23)22-9-7-21(8-10-22)12-15-5-3-2-4-6-15/h2-6,13-14H,7-12,19H2,1H3. The molecule has 1 saturated heterocycles. The number of nitrogens with zero attached hydrogens (tertiary/aromatic N) is 3. The molecular weight excluding hydrogens is 320 g/mol. The molecular formula is C18H24N4OS. The minimum Gasteiger partial charge on any atom is -0.340 e. The number of hydrogen-bond donors (Lipinski definition) is 1. The van der Waals surface area contributed by atoms with Gasteiger partial charge in [0.25, 0.3) is 0 Å². The maximum atomic E-state index is 12.5. The molecule has 1 aliphatic rings. The molecule has 0 spiro atoms. The number of carbonyl (C=O) groups excluding carboxylic acids is 1. The Morgan fingerprint density at radius 3 is 2.58 bits per heavy atom. The van der Waals surface area contributed by atoms with E-state index in [9.17, 15) is 4.79 Å². The van der Waals surface area contributed by atoms with Gasteiger partial charge < -0.3 is 10.6 Å². The number of piperazine rings is 1. The van der Waals surface area contributed by atoms with Gasteiger partial charge in [-0.1, -0.05) is 30.3 Å². The third-order valence-electron chi connectivity index (χ3n) is 4.27. The molecule has 2 aromatic rings. The molecule has 0 bridgehead atoms. The predicted octanol–water partition coefficient (Wildman–Crippen LogP) is 2.05. The molecule has 1 aromatic heterocycles. The Morgan fingerprint density at radius 1 is 1.25 bits per heavy atom. The van der Waals surface area contributed by atoms with Crippen LogP contribution in [-0.2, 0) is 17.8 Å². The molecule has 24 heavy (non-hydrogen) atoms. The molecule has 2 N–H and O–H groups in total. The van der Waals surface area contributed by atoms with Crippen LogP contribution < -0.4 is 5.73 Å². The lowest BCUT2D eigenvalue weighted by molar-refractivity contribution is -0.132. The normalized spacial score (nSPS) is 17.0. The van der Waals surface area contributed by atoms with Crippen LogP contribution in [0.3, 0.4) is 0 Å². The number of rotatable bonds is 5. The summed E-state index contributed by atoms with van der Waals surface area (Å²) in [6, 6.07) is 10.4. The molecule has 2 heterocycles. The van der Waals surface area contributed by atoms with Gasteiger partial charge in [0, 0.05) is 38.1 Å². The van der Waals surface area contributed by atoms with Gasteiger partial charge >= 0.3 is 0 Å². The highest BCUT2D eigenvalue weighted by molar-refractivity contribution is 7.09. The van der Waals surface area contributed by atoms with Crippen LogP contribution in [0, 0.1) is 0 Å². The summed E-state index contributed by atoms with van der Waals surface area (Å²) < 4.78 is 0. The van der Waals surface area contributed by atoms with Crippen LogP contribution in [0.15, 0.2) is 35.7 Å². The Bertz CT molecular complexity index is 663. The molecule has 1 aromatic carbocycles. The molecule has 1 aliphatic heterocycles. The lowest BCUT2D eigenvalue weighted by Gasteiger charge is -2.34. The summed E-state index contributed by atoms with van der Waals surface area (Å²) in [6.45, 7) is 6.28. The number of nitrogens with two attached hydrogens (primary N) is 1. The van der Waals surface area contributed by atoms with Gasteiger partial charge in [-0.25, -0.2) is 4.98 Å². The second kappa shape index (κ2) is 7.88. The van der Waals surface area contributed by atoms with Gasteiger partial charge in [0.2, 0.25) is 5.91 Å². The third-order valence-corrected chi connectivity index (χ3v) is 5.36. The van der Waals surface area contributed by atoms with Gasteiger partial charge in [0.1, 0.15) is 5.01 Å². The first kappa shape index (κ1) is 17.1. The molecule has 1 unspecified atom stereocenters. The Balaban J connectivity index is 1.48. The van der Waals surface area contributed by atoms with E-state index in [-0.39, 0.29) is 11.9 Å². The van der Waals surface area contributed by atoms with Crippen molar-refractivity contribution in [2.75, 3.05) is 26.2 Å². The van der Waals surface area contributed by atoms with Gasteiger partial charge in [-0.3, -0.25) is 9.69 Å². The van der Waals surface area contributed by atoms with E-state index in [4.69, 9.17) is 5.73 Å². The Kier molecular flexibility index (Phi) is 5.60. The number of hydrogen-bond acceptors (Lipinski definition) is 5. The first-order chi connectivity index (χ1) is 11.6. The smallest absolute Gasteiger partial charge is 0.228 e. The zero-order valence-electron chi connectivity index (χ0n) is 14.0. The van der Waals surface area contributed by atoms with Crippen molar-refractivity contribution in [1.82, 2.24) is 14.8 Å². The zero-order valence-corrected chi connectivity index (χ0v) is 14.8. The second-order valence-electron chi connectivity index (χ2n) is 6.29. The van der Waals surface area contributed by atoms with Gasteiger partial charge in [0.15, 0.2) is 0 Å². The van der Waals surface area contributed by atoms with Gasteiger partial charge in [0.05, 0.1) is 18.2 Å². The van der Waals surface area contributed by atoms with Crippen molar-refractivity contribution in [3.8, 4) is 0 Å². The summed E-state index contributed by atoms with van der Waals surface area (Å²) in [5, 5.41) is 2.84. The van der Waals surface area contributed by atoms with Gasteiger partial charge in [-0.2, -0.15) is 0 Å². The highest BCUT2D eigenvalue weighted by Crippen LogP contribution is 2.17. The molecule has 128 valence electrons. The third kappa shape index (κ3) is 4.41. The zero-order chi connectivity index (χ0) is 16.9. The minimum absolute atomic E-state index is 0.0691. The molecule has 0 radical (unpaired) electrons. The molecule has 6 heteroatoms. The van der Waals surface area contributed by atoms with E-state index in [1.54, 1.807) is 0 Å². The lowest BCUT2D eigenvalue weighted by atomic mass is 10.2. The summed E-state index contributed by atoms with van der Waals surface area (Å²) in [7, 11) is 0. The predicted molar refractivity (Wildman–Crippen MR) is 96.7 cm³/mol. The van der Waals surface area contributed by atoms with Crippen LogP contribution in [0.5, 0.6) is 0 Å². The van der Waals surface area contributed by atoms with Crippen molar-refractivity contribution >= 4 is 17.2 Å². The van der Waals surface area contributed by atoms with E-state index in [1.165, 1.54) is 16.9 Å². The molecule has 0 aliphatic carbocycles. The van der Waals surface area contributed by atoms with Gasteiger partial charge in [-0.05, 0) is 12.5 Å². The molecule has 1 amide bonds. The SMILES string of the molecule is CC(N)c1nc(CC(=O)N2CCN(Cc3ccccc3)CC2)cs1. The average molecular weight is 344 g/mol. The highest BCUT2D eigenvalue weighted by atomic mass is 32.1. The quantitative estimate of drug-likeness (QED) is 0.902. The van der Waals surface area contributed by atoms with Crippen LogP contribution in [-0.4, -0.2) is 46.9 Å². The summed E-state index contributed by atoms with van der Waals surface area (Å²) >= 11 is 1.53. The monoisotopic (exact) mass is 344 g/mol. The maximum absolute atomic E-state index is 12.5. The van der Waals surface area contributed by atoms with Crippen LogP contribution in [0.25, 0.3) is 0 Å². The van der Waals surface area contributed by atoms with Crippen molar-refractivity contribution in [3.05, 3.63) is 52.0 Å². The number of benzene rings is 1. The van der Waals surface area contributed by atoms with Crippen LogP contribution >= 0.6 is 11.3 Å².